The number of amides is 2. The lowest BCUT2D eigenvalue weighted by Gasteiger charge is -2.08. The Hall–Kier alpha value is -2.59. The maximum Gasteiger partial charge on any atom is 0.323 e. The molecule has 6 nitrogen and oxygen atoms in total. The molecule has 2 N–H and O–H groups in total. The van der Waals surface area contributed by atoms with Crippen LogP contribution in [-0.2, 0) is 9.84 Å². The molecule has 0 radical (unpaired) electrons. The van der Waals surface area contributed by atoms with Gasteiger partial charge in [-0.15, -0.1) is 11.3 Å². The molecule has 0 aliphatic heterocycles. The molecule has 0 saturated carbocycles. The number of benzene rings is 2. The van der Waals surface area contributed by atoms with Gasteiger partial charge in [-0.2, -0.15) is 0 Å². The first-order valence-corrected chi connectivity index (χ1v) is 10.8. The van der Waals surface area contributed by atoms with Gasteiger partial charge in [0.1, 0.15) is 11.6 Å². The molecule has 0 unspecified atom stereocenters. The number of halogens is 2. The fourth-order valence-corrected chi connectivity index (χ4v) is 5.48. The minimum atomic E-state index is -3.48. The molecule has 2 aromatic carbocycles. The Bertz CT molecular complexity index is 1140. The number of carbonyl (C=O) groups excluding carboxylic acids is 1. The van der Waals surface area contributed by atoms with E-state index in [9.17, 15) is 22.0 Å². The Labute approximate surface area is 164 Å². The average molecular weight is 425 g/mol. The Morgan fingerprint density at radius 3 is 2.61 bits per heavy atom. The molecule has 1 heterocycles. The summed E-state index contributed by atoms with van der Waals surface area (Å²) >= 11 is 1.02. The Morgan fingerprint density at radius 2 is 1.89 bits per heavy atom. The highest BCUT2D eigenvalue weighted by Crippen LogP contribution is 2.29. The number of hydrogen-bond acceptors (Lipinski definition) is 5. The normalized spacial score (nSPS) is 11.8. The Balaban J connectivity index is 1.79. The number of thiazole rings is 1. The van der Waals surface area contributed by atoms with Crippen LogP contribution >= 0.6 is 11.3 Å². The maximum atomic E-state index is 13.6. The van der Waals surface area contributed by atoms with E-state index in [0.717, 1.165) is 29.5 Å². The van der Waals surface area contributed by atoms with Crippen LogP contribution in [0.3, 0.4) is 0 Å². The molecule has 148 valence electrons. The first-order valence-electron chi connectivity index (χ1n) is 8.30. The number of aromatic nitrogens is 1. The lowest BCUT2D eigenvalue weighted by Crippen LogP contribution is -2.20. The summed E-state index contributed by atoms with van der Waals surface area (Å²) < 4.78 is 52.1. The fraction of sp³-hybridized carbons (Fsp3) is 0.222. The number of hydrogen-bond donors (Lipinski definition) is 2. The summed E-state index contributed by atoms with van der Waals surface area (Å²) in [6.45, 7) is 3.62. The van der Waals surface area contributed by atoms with Crippen LogP contribution in [-0.4, -0.2) is 25.2 Å². The number of sulfone groups is 1. The summed E-state index contributed by atoms with van der Waals surface area (Å²) in [6.07, 6.45) is 0. The number of urea groups is 1. The van der Waals surface area contributed by atoms with E-state index in [1.54, 1.807) is 18.2 Å². The fourth-order valence-electron chi connectivity index (χ4n) is 2.50. The monoisotopic (exact) mass is 425 g/mol. The molecule has 28 heavy (non-hydrogen) atoms. The minimum absolute atomic E-state index is 0.000462. The van der Waals surface area contributed by atoms with Crippen molar-refractivity contribution in [2.24, 2.45) is 5.92 Å². The first-order chi connectivity index (χ1) is 13.1. The molecule has 0 fully saturated rings. The van der Waals surface area contributed by atoms with Gasteiger partial charge < -0.3 is 10.6 Å². The summed E-state index contributed by atoms with van der Waals surface area (Å²) in [5.41, 5.74) is 0.561. The van der Waals surface area contributed by atoms with Crippen LogP contribution in [0.15, 0.2) is 40.7 Å². The topological polar surface area (TPSA) is 88.2 Å². The second-order valence-corrected chi connectivity index (χ2v) is 9.78. The number of fused-ring (bicyclic) bond motifs is 1. The van der Waals surface area contributed by atoms with E-state index >= 15 is 0 Å². The van der Waals surface area contributed by atoms with Crippen molar-refractivity contribution >= 4 is 48.8 Å². The van der Waals surface area contributed by atoms with Gasteiger partial charge in [-0.1, -0.05) is 13.8 Å². The van der Waals surface area contributed by atoms with Crippen molar-refractivity contribution in [3.8, 4) is 0 Å². The van der Waals surface area contributed by atoms with Crippen molar-refractivity contribution in [2.75, 3.05) is 16.4 Å². The molecule has 2 amide bonds. The highest BCUT2D eigenvalue weighted by molar-refractivity contribution is 7.93. The van der Waals surface area contributed by atoms with Crippen LogP contribution in [0.5, 0.6) is 0 Å². The third kappa shape index (κ3) is 4.63. The lowest BCUT2D eigenvalue weighted by molar-refractivity contribution is 0.262. The highest BCUT2D eigenvalue weighted by atomic mass is 32.2. The quantitative estimate of drug-likeness (QED) is 0.623. The zero-order valence-electron chi connectivity index (χ0n) is 15.0. The van der Waals surface area contributed by atoms with Crippen molar-refractivity contribution in [1.82, 2.24) is 4.98 Å². The minimum Gasteiger partial charge on any atom is -0.308 e. The smallest absolute Gasteiger partial charge is 0.308 e. The summed E-state index contributed by atoms with van der Waals surface area (Å²) in [6, 6.07) is 6.66. The van der Waals surface area contributed by atoms with Gasteiger partial charge >= 0.3 is 6.03 Å². The van der Waals surface area contributed by atoms with Gasteiger partial charge in [0.15, 0.2) is 0 Å². The van der Waals surface area contributed by atoms with Crippen LogP contribution in [0.1, 0.15) is 13.8 Å². The van der Waals surface area contributed by atoms with Crippen LogP contribution in [0.4, 0.5) is 25.0 Å². The van der Waals surface area contributed by atoms with Gasteiger partial charge in [-0.3, -0.25) is 0 Å². The van der Waals surface area contributed by atoms with Gasteiger partial charge in [-0.05, 0) is 36.2 Å². The second kappa shape index (κ2) is 7.80. The van der Waals surface area contributed by atoms with Crippen LogP contribution in [0, 0.1) is 17.6 Å². The van der Waals surface area contributed by atoms with Crippen molar-refractivity contribution in [3.63, 3.8) is 0 Å². The lowest BCUT2D eigenvalue weighted by atomic mass is 10.3. The highest BCUT2D eigenvalue weighted by Gasteiger charge is 2.21. The first kappa shape index (κ1) is 20.2. The molecule has 10 heteroatoms. The molecule has 0 aliphatic rings. The SMILES string of the molecule is CC(C)CS(=O)(=O)c1nc2ccc(NC(=O)Nc3cc(F)ccc3F)cc2s1. The molecule has 3 aromatic rings. The molecule has 0 aliphatic carbocycles. The van der Waals surface area contributed by atoms with E-state index in [4.69, 9.17) is 0 Å². The molecule has 0 bridgehead atoms. The zero-order chi connectivity index (χ0) is 20.5. The summed E-state index contributed by atoms with van der Waals surface area (Å²) in [5, 5.41) is 4.73. The molecule has 0 saturated heterocycles. The van der Waals surface area contributed by atoms with Crippen molar-refractivity contribution < 1.29 is 22.0 Å². The summed E-state index contributed by atoms with van der Waals surface area (Å²) in [7, 11) is -3.48. The third-order valence-electron chi connectivity index (χ3n) is 3.62. The van der Waals surface area contributed by atoms with Gasteiger partial charge in [0.25, 0.3) is 0 Å². The van der Waals surface area contributed by atoms with Crippen molar-refractivity contribution in [1.29, 1.82) is 0 Å². The van der Waals surface area contributed by atoms with Crippen LogP contribution in [0.25, 0.3) is 10.2 Å². The van der Waals surface area contributed by atoms with E-state index < -0.39 is 27.5 Å². The molecule has 3 rings (SSSR count). The van der Waals surface area contributed by atoms with E-state index in [1.807, 2.05) is 13.8 Å². The van der Waals surface area contributed by atoms with E-state index in [0.29, 0.717) is 15.9 Å². The zero-order valence-corrected chi connectivity index (χ0v) is 16.6. The molecule has 0 spiro atoms. The molecular formula is C18H17F2N3O3S2. The Morgan fingerprint density at radius 1 is 1.14 bits per heavy atom. The number of anilines is 2. The number of nitrogens with zero attached hydrogens (tertiary/aromatic N) is 1. The molecule has 1 aromatic heterocycles. The van der Waals surface area contributed by atoms with Gasteiger partial charge in [0.05, 0.1) is 21.7 Å². The number of rotatable bonds is 5. The molecule has 0 atom stereocenters. The third-order valence-corrected chi connectivity index (χ3v) is 7.18. The van der Waals surface area contributed by atoms with E-state index in [1.165, 1.54) is 0 Å². The largest absolute Gasteiger partial charge is 0.323 e. The Kier molecular flexibility index (Phi) is 5.61. The van der Waals surface area contributed by atoms with Crippen molar-refractivity contribution in [3.05, 3.63) is 48.0 Å². The molecular weight excluding hydrogens is 408 g/mol. The number of nitrogens with one attached hydrogen (secondary N) is 2. The summed E-state index contributed by atoms with van der Waals surface area (Å²) in [4.78, 5) is 16.2. The predicted octanol–water partition coefficient (Wildman–Crippen LogP) is 4.65. The standard InChI is InChI=1S/C18H17F2N3O3S2/c1-10(2)9-28(25,26)18-23-14-6-4-12(8-16(14)27-18)21-17(24)22-15-7-11(19)3-5-13(15)20/h3-8,10H,9H2,1-2H3,(H2,21,22,24). The maximum absolute atomic E-state index is 13.6. The van der Waals surface area contributed by atoms with Gasteiger partial charge in [0, 0.05) is 11.8 Å². The van der Waals surface area contributed by atoms with Gasteiger partial charge in [-0.25, -0.2) is 27.0 Å². The van der Waals surface area contributed by atoms with Crippen LogP contribution in [0.2, 0.25) is 0 Å². The summed E-state index contributed by atoms with van der Waals surface area (Å²) in [5.74, 6) is -1.48. The predicted molar refractivity (Wildman–Crippen MR) is 106 cm³/mol. The number of carbonyl (C=O) groups is 1. The average Bonchev–Trinajstić information content (AvgIpc) is 3.01. The van der Waals surface area contributed by atoms with Crippen molar-refractivity contribution in [2.45, 2.75) is 18.2 Å². The van der Waals surface area contributed by atoms with Gasteiger partial charge in [0.2, 0.25) is 14.2 Å². The van der Waals surface area contributed by atoms with Crippen LogP contribution < -0.4 is 10.6 Å². The van der Waals surface area contributed by atoms with E-state index in [-0.39, 0.29) is 21.7 Å². The van der Waals surface area contributed by atoms with E-state index in [2.05, 4.69) is 15.6 Å². The second-order valence-electron chi connectivity index (χ2n) is 6.54.